The highest BCUT2D eigenvalue weighted by atomic mass is 16.5. The summed E-state index contributed by atoms with van der Waals surface area (Å²) < 4.78 is 10.4. The first-order valence-electron chi connectivity index (χ1n) is 5.45. The summed E-state index contributed by atoms with van der Waals surface area (Å²) in [6, 6.07) is 0. The van der Waals surface area contributed by atoms with Gasteiger partial charge in [-0.05, 0) is 12.8 Å². The van der Waals surface area contributed by atoms with Crippen LogP contribution in [0.4, 0.5) is 0 Å². The number of rotatable bonds is 8. The van der Waals surface area contributed by atoms with Crippen LogP contribution in [0.3, 0.4) is 0 Å². The Balaban J connectivity index is 1.75. The molecule has 2 N–H and O–H groups in total. The molecule has 1 rings (SSSR count). The van der Waals surface area contributed by atoms with Gasteiger partial charge in [0.25, 0.3) is 0 Å². The van der Waals surface area contributed by atoms with E-state index in [1.165, 1.54) is 12.8 Å². The highest BCUT2D eigenvalue weighted by molar-refractivity contribution is 4.67. The van der Waals surface area contributed by atoms with E-state index < -0.39 is 0 Å². The summed E-state index contributed by atoms with van der Waals surface area (Å²) in [4.78, 5) is 0. The first-order chi connectivity index (χ1) is 6.93. The molecule has 1 atom stereocenters. The highest BCUT2D eigenvalue weighted by Crippen LogP contribution is 2.10. The van der Waals surface area contributed by atoms with E-state index in [-0.39, 0.29) is 0 Å². The Hall–Kier alpha value is -0.160. The molecule has 4 heteroatoms. The second kappa shape index (κ2) is 8.17. The minimum absolute atomic E-state index is 0.453. The van der Waals surface area contributed by atoms with Crippen molar-refractivity contribution in [2.24, 2.45) is 0 Å². The fourth-order valence-electron chi connectivity index (χ4n) is 1.54. The van der Waals surface area contributed by atoms with E-state index in [0.29, 0.717) is 6.10 Å². The number of ether oxygens (including phenoxy) is 2. The first kappa shape index (κ1) is 11.9. The molecule has 1 aliphatic rings. The van der Waals surface area contributed by atoms with Crippen LogP contribution in [0.25, 0.3) is 0 Å². The molecule has 0 radical (unpaired) electrons. The van der Waals surface area contributed by atoms with Crippen LogP contribution < -0.4 is 10.6 Å². The number of methoxy groups -OCH3 is 1. The zero-order chi connectivity index (χ0) is 10.1. The van der Waals surface area contributed by atoms with Crippen LogP contribution in [0.2, 0.25) is 0 Å². The molecule has 1 aliphatic heterocycles. The molecular weight excluding hydrogens is 180 g/mol. The second-order valence-corrected chi connectivity index (χ2v) is 3.58. The zero-order valence-electron chi connectivity index (χ0n) is 9.05. The zero-order valence-corrected chi connectivity index (χ0v) is 9.05. The normalized spacial score (nSPS) is 21.6. The van der Waals surface area contributed by atoms with E-state index in [1.807, 2.05) is 0 Å². The standard InChI is InChI=1S/C10H22N2O2/c1-13-8-6-11-4-5-12-9-10-3-2-7-14-10/h10-12H,2-9H2,1H3/t10-/m0/s1. The summed E-state index contributed by atoms with van der Waals surface area (Å²) in [5.74, 6) is 0. The molecule has 84 valence electrons. The van der Waals surface area contributed by atoms with Gasteiger partial charge in [0, 0.05) is 39.9 Å². The van der Waals surface area contributed by atoms with Crippen LogP contribution >= 0.6 is 0 Å². The molecule has 1 heterocycles. The molecule has 0 amide bonds. The van der Waals surface area contributed by atoms with E-state index >= 15 is 0 Å². The topological polar surface area (TPSA) is 42.5 Å². The quantitative estimate of drug-likeness (QED) is 0.543. The fourth-order valence-corrected chi connectivity index (χ4v) is 1.54. The lowest BCUT2D eigenvalue weighted by Crippen LogP contribution is -2.33. The van der Waals surface area contributed by atoms with Crippen LogP contribution in [-0.2, 0) is 9.47 Å². The molecule has 1 saturated heterocycles. The van der Waals surface area contributed by atoms with Gasteiger partial charge in [0.15, 0.2) is 0 Å². The molecule has 0 saturated carbocycles. The van der Waals surface area contributed by atoms with Gasteiger partial charge in [-0.1, -0.05) is 0 Å². The Labute approximate surface area is 86.3 Å². The maximum atomic E-state index is 5.50. The third kappa shape index (κ3) is 5.54. The average Bonchev–Trinajstić information content (AvgIpc) is 2.69. The summed E-state index contributed by atoms with van der Waals surface area (Å²) in [6.45, 7) is 5.65. The first-order valence-corrected chi connectivity index (χ1v) is 5.45. The molecule has 0 aromatic rings. The summed E-state index contributed by atoms with van der Waals surface area (Å²) in [5.41, 5.74) is 0. The van der Waals surface area contributed by atoms with Gasteiger partial charge < -0.3 is 20.1 Å². The van der Waals surface area contributed by atoms with Crippen molar-refractivity contribution in [2.75, 3.05) is 46.5 Å². The lowest BCUT2D eigenvalue weighted by Gasteiger charge is -2.10. The van der Waals surface area contributed by atoms with Gasteiger partial charge in [-0.25, -0.2) is 0 Å². The van der Waals surface area contributed by atoms with Crippen molar-refractivity contribution >= 4 is 0 Å². The van der Waals surface area contributed by atoms with Crippen LogP contribution in [0.1, 0.15) is 12.8 Å². The predicted octanol–water partition coefficient (Wildman–Crippen LogP) is -0.00900. The summed E-state index contributed by atoms with van der Waals surface area (Å²) in [6.07, 6.45) is 2.89. The molecule has 0 unspecified atom stereocenters. The Morgan fingerprint density at radius 2 is 2.14 bits per heavy atom. The largest absolute Gasteiger partial charge is 0.383 e. The van der Waals surface area contributed by atoms with Gasteiger partial charge in [0.2, 0.25) is 0 Å². The van der Waals surface area contributed by atoms with Crippen LogP contribution in [-0.4, -0.2) is 52.6 Å². The number of hydrogen-bond donors (Lipinski definition) is 2. The molecular formula is C10H22N2O2. The Bertz CT molecular complexity index is 127. The number of hydrogen-bond acceptors (Lipinski definition) is 4. The molecule has 0 spiro atoms. The third-order valence-electron chi connectivity index (χ3n) is 2.36. The lowest BCUT2D eigenvalue weighted by atomic mass is 10.2. The van der Waals surface area contributed by atoms with Crippen molar-refractivity contribution in [1.82, 2.24) is 10.6 Å². The van der Waals surface area contributed by atoms with E-state index in [9.17, 15) is 0 Å². The monoisotopic (exact) mass is 202 g/mol. The number of nitrogens with one attached hydrogen (secondary N) is 2. The molecule has 0 aromatic carbocycles. The predicted molar refractivity (Wildman–Crippen MR) is 56.6 cm³/mol. The van der Waals surface area contributed by atoms with Crippen molar-refractivity contribution in [3.05, 3.63) is 0 Å². The van der Waals surface area contributed by atoms with Crippen molar-refractivity contribution in [3.63, 3.8) is 0 Å². The van der Waals surface area contributed by atoms with Crippen molar-refractivity contribution in [2.45, 2.75) is 18.9 Å². The highest BCUT2D eigenvalue weighted by Gasteiger charge is 2.13. The van der Waals surface area contributed by atoms with Gasteiger partial charge in [-0.15, -0.1) is 0 Å². The van der Waals surface area contributed by atoms with Gasteiger partial charge in [-0.3, -0.25) is 0 Å². The van der Waals surface area contributed by atoms with Gasteiger partial charge in [0.1, 0.15) is 0 Å². The maximum absolute atomic E-state index is 5.50. The Kier molecular flexibility index (Phi) is 6.95. The lowest BCUT2D eigenvalue weighted by molar-refractivity contribution is 0.110. The minimum atomic E-state index is 0.453. The van der Waals surface area contributed by atoms with Gasteiger partial charge >= 0.3 is 0 Å². The van der Waals surface area contributed by atoms with E-state index in [1.54, 1.807) is 7.11 Å². The summed E-state index contributed by atoms with van der Waals surface area (Å²) >= 11 is 0. The van der Waals surface area contributed by atoms with Gasteiger partial charge in [0.05, 0.1) is 12.7 Å². The average molecular weight is 202 g/mol. The summed E-state index contributed by atoms with van der Waals surface area (Å²) in [7, 11) is 1.72. The van der Waals surface area contributed by atoms with Crippen LogP contribution in [0.5, 0.6) is 0 Å². The summed E-state index contributed by atoms with van der Waals surface area (Å²) in [5, 5.41) is 6.66. The molecule has 0 aliphatic carbocycles. The van der Waals surface area contributed by atoms with Crippen LogP contribution in [0.15, 0.2) is 0 Å². The Morgan fingerprint density at radius 3 is 2.86 bits per heavy atom. The molecule has 0 bridgehead atoms. The second-order valence-electron chi connectivity index (χ2n) is 3.58. The van der Waals surface area contributed by atoms with Crippen LogP contribution in [0, 0.1) is 0 Å². The smallest absolute Gasteiger partial charge is 0.0700 e. The van der Waals surface area contributed by atoms with E-state index in [4.69, 9.17) is 9.47 Å². The molecule has 14 heavy (non-hydrogen) atoms. The van der Waals surface area contributed by atoms with Gasteiger partial charge in [-0.2, -0.15) is 0 Å². The fraction of sp³-hybridized carbons (Fsp3) is 1.00. The molecule has 1 fully saturated rings. The molecule has 0 aromatic heterocycles. The van der Waals surface area contributed by atoms with E-state index in [0.717, 1.165) is 39.4 Å². The van der Waals surface area contributed by atoms with Crippen molar-refractivity contribution in [1.29, 1.82) is 0 Å². The maximum Gasteiger partial charge on any atom is 0.0700 e. The van der Waals surface area contributed by atoms with E-state index in [2.05, 4.69) is 10.6 Å². The minimum Gasteiger partial charge on any atom is -0.383 e. The van der Waals surface area contributed by atoms with Crippen molar-refractivity contribution < 1.29 is 9.47 Å². The SMILES string of the molecule is COCCNCCNC[C@@H]1CCCO1. The molecule has 4 nitrogen and oxygen atoms in total. The Morgan fingerprint density at radius 1 is 1.29 bits per heavy atom. The van der Waals surface area contributed by atoms with Crippen molar-refractivity contribution in [3.8, 4) is 0 Å². The third-order valence-corrected chi connectivity index (χ3v) is 2.36.